The first-order valence-corrected chi connectivity index (χ1v) is 8.63. The van der Waals surface area contributed by atoms with E-state index in [1.54, 1.807) is 25.4 Å². The normalized spacial score (nSPS) is 12.3. The van der Waals surface area contributed by atoms with Crippen molar-refractivity contribution in [1.82, 2.24) is 15.2 Å². The summed E-state index contributed by atoms with van der Waals surface area (Å²) in [6.45, 7) is 2.55. The van der Waals surface area contributed by atoms with E-state index in [4.69, 9.17) is 0 Å². The standard InChI is InChI=1S/C21H23N3O2/c1-14(20(25)18-12-23-19-7-5-4-6-17(18)19)24(3)13-15-8-10-16(11-9-15)21(26)22-2/h4-12,14,23H,13H2,1-3H3,(H,22,26)/t14-/m1/s1. The highest BCUT2D eigenvalue weighted by atomic mass is 16.1. The van der Waals surface area contributed by atoms with Crippen LogP contribution in [0.15, 0.2) is 54.7 Å². The summed E-state index contributed by atoms with van der Waals surface area (Å²) < 4.78 is 0. The van der Waals surface area contributed by atoms with Crippen LogP contribution in [0.3, 0.4) is 0 Å². The SMILES string of the molecule is CNC(=O)c1ccc(CN(C)[C@H](C)C(=O)c2c[nH]c3ccccc23)cc1. The second-order valence-corrected chi connectivity index (χ2v) is 6.48. The summed E-state index contributed by atoms with van der Waals surface area (Å²) in [5.74, 6) is -0.0142. The summed E-state index contributed by atoms with van der Waals surface area (Å²) in [4.78, 5) is 29.7. The van der Waals surface area contributed by atoms with Crippen LogP contribution in [0.4, 0.5) is 0 Å². The predicted octanol–water partition coefficient (Wildman–Crippen LogP) is 3.23. The molecule has 3 rings (SSSR count). The van der Waals surface area contributed by atoms with Crippen molar-refractivity contribution in [3.63, 3.8) is 0 Å². The molecule has 1 amide bonds. The number of hydrogen-bond donors (Lipinski definition) is 2. The molecule has 5 heteroatoms. The van der Waals surface area contributed by atoms with Crippen LogP contribution in [-0.2, 0) is 6.54 Å². The van der Waals surface area contributed by atoms with E-state index in [9.17, 15) is 9.59 Å². The van der Waals surface area contributed by atoms with Gasteiger partial charge in [-0.3, -0.25) is 14.5 Å². The number of fused-ring (bicyclic) bond motifs is 1. The molecule has 1 aromatic heterocycles. The quantitative estimate of drug-likeness (QED) is 0.672. The first-order valence-electron chi connectivity index (χ1n) is 8.63. The zero-order valence-electron chi connectivity index (χ0n) is 15.2. The van der Waals surface area contributed by atoms with E-state index in [1.165, 1.54) is 0 Å². The van der Waals surface area contributed by atoms with E-state index in [0.29, 0.717) is 12.1 Å². The van der Waals surface area contributed by atoms with Gasteiger partial charge in [-0.2, -0.15) is 0 Å². The van der Waals surface area contributed by atoms with E-state index < -0.39 is 0 Å². The maximum Gasteiger partial charge on any atom is 0.251 e. The van der Waals surface area contributed by atoms with Crippen LogP contribution in [0.25, 0.3) is 10.9 Å². The predicted molar refractivity (Wildman–Crippen MR) is 103 cm³/mol. The molecular weight excluding hydrogens is 326 g/mol. The Balaban J connectivity index is 1.72. The van der Waals surface area contributed by atoms with Gasteiger partial charge in [-0.15, -0.1) is 0 Å². The smallest absolute Gasteiger partial charge is 0.251 e. The van der Waals surface area contributed by atoms with Crippen LogP contribution in [0.2, 0.25) is 0 Å². The van der Waals surface area contributed by atoms with Crippen molar-refractivity contribution in [2.45, 2.75) is 19.5 Å². The van der Waals surface area contributed by atoms with Gasteiger partial charge in [-0.1, -0.05) is 30.3 Å². The molecule has 3 aromatic rings. The molecule has 2 aromatic carbocycles. The van der Waals surface area contributed by atoms with Gasteiger partial charge >= 0.3 is 0 Å². The maximum absolute atomic E-state index is 12.9. The van der Waals surface area contributed by atoms with Gasteiger partial charge in [0.2, 0.25) is 0 Å². The topological polar surface area (TPSA) is 65.2 Å². The number of para-hydroxylation sites is 1. The molecule has 0 radical (unpaired) electrons. The molecule has 26 heavy (non-hydrogen) atoms. The van der Waals surface area contributed by atoms with Crippen molar-refractivity contribution in [3.05, 3.63) is 71.4 Å². The molecule has 134 valence electrons. The number of nitrogens with one attached hydrogen (secondary N) is 2. The van der Waals surface area contributed by atoms with E-state index >= 15 is 0 Å². The average molecular weight is 349 g/mol. The van der Waals surface area contributed by atoms with Gasteiger partial charge < -0.3 is 10.3 Å². The van der Waals surface area contributed by atoms with Gasteiger partial charge in [-0.05, 0) is 37.7 Å². The number of carbonyl (C=O) groups excluding carboxylic acids is 2. The summed E-state index contributed by atoms with van der Waals surface area (Å²) in [6, 6.07) is 15.0. The lowest BCUT2D eigenvalue weighted by Crippen LogP contribution is -2.35. The van der Waals surface area contributed by atoms with Crippen LogP contribution in [0, 0.1) is 0 Å². The van der Waals surface area contributed by atoms with Crippen molar-refractivity contribution in [2.75, 3.05) is 14.1 Å². The highest BCUT2D eigenvalue weighted by Gasteiger charge is 2.22. The van der Waals surface area contributed by atoms with Crippen molar-refractivity contribution >= 4 is 22.6 Å². The van der Waals surface area contributed by atoms with E-state index in [2.05, 4.69) is 10.3 Å². The number of aromatic amines is 1. The van der Waals surface area contributed by atoms with E-state index in [1.807, 2.05) is 55.3 Å². The van der Waals surface area contributed by atoms with Gasteiger partial charge in [0.05, 0.1) is 6.04 Å². The minimum atomic E-state index is -0.257. The zero-order valence-corrected chi connectivity index (χ0v) is 15.2. The Morgan fingerprint density at radius 2 is 1.81 bits per heavy atom. The lowest BCUT2D eigenvalue weighted by molar-refractivity contribution is 0.0863. The molecule has 0 aliphatic rings. The summed E-state index contributed by atoms with van der Waals surface area (Å²) in [6.07, 6.45) is 1.79. The van der Waals surface area contributed by atoms with Crippen molar-refractivity contribution in [1.29, 1.82) is 0 Å². The number of rotatable bonds is 6. The number of amides is 1. The monoisotopic (exact) mass is 349 g/mol. The zero-order chi connectivity index (χ0) is 18.7. The van der Waals surface area contributed by atoms with Crippen molar-refractivity contribution < 1.29 is 9.59 Å². The van der Waals surface area contributed by atoms with Crippen molar-refractivity contribution in [2.24, 2.45) is 0 Å². The molecule has 2 N–H and O–H groups in total. The summed E-state index contributed by atoms with van der Waals surface area (Å²) in [5.41, 5.74) is 3.37. The molecule has 0 saturated carbocycles. The Bertz CT molecular complexity index is 928. The Morgan fingerprint density at radius 1 is 1.12 bits per heavy atom. The highest BCUT2D eigenvalue weighted by Crippen LogP contribution is 2.21. The largest absolute Gasteiger partial charge is 0.360 e. The number of Topliss-reactive ketones (excluding diaryl/α,β-unsaturated/α-hetero) is 1. The molecule has 1 heterocycles. The highest BCUT2D eigenvalue weighted by molar-refractivity contribution is 6.10. The third-order valence-corrected chi connectivity index (χ3v) is 4.77. The number of nitrogens with zero attached hydrogens (tertiary/aromatic N) is 1. The molecule has 5 nitrogen and oxygen atoms in total. The number of ketones is 1. The Morgan fingerprint density at radius 3 is 2.50 bits per heavy atom. The number of hydrogen-bond acceptors (Lipinski definition) is 3. The molecule has 0 aliphatic carbocycles. The van der Waals surface area contributed by atoms with Crippen LogP contribution in [-0.4, -0.2) is 41.7 Å². The molecule has 0 aliphatic heterocycles. The molecular formula is C21H23N3O2. The summed E-state index contributed by atoms with van der Waals surface area (Å²) in [7, 11) is 3.55. The van der Waals surface area contributed by atoms with Gasteiger partial charge in [0.15, 0.2) is 5.78 Å². The Hall–Kier alpha value is -2.92. The minimum absolute atomic E-state index is 0.0898. The molecule has 0 bridgehead atoms. The van der Waals surface area contributed by atoms with Gasteiger partial charge in [0.1, 0.15) is 0 Å². The molecule has 0 fully saturated rings. The number of benzene rings is 2. The Kier molecular flexibility index (Phi) is 5.19. The third-order valence-electron chi connectivity index (χ3n) is 4.77. The summed E-state index contributed by atoms with van der Waals surface area (Å²) in [5, 5.41) is 3.56. The van der Waals surface area contributed by atoms with Crippen LogP contribution >= 0.6 is 0 Å². The van der Waals surface area contributed by atoms with E-state index in [-0.39, 0.29) is 17.7 Å². The third kappa shape index (κ3) is 3.53. The molecule has 1 atom stereocenters. The van der Waals surface area contributed by atoms with Crippen molar-refractivity contribution in [3.8, 4) is 0 Å². The molecule has 0 unspecified atom stereocenters. The molecule has 0 saturated heterocycles. The van der Waals surface area contributed by atoms with Crippen LogP contribution < -0.4 is 5.32 Å². The van der Waals surface area contributed by atoms with E-state index in [0.717, 1.165) is 22.0 Å². The fraction of sp³-hybridized carbons (Fsp3) is 0.238. The Labute approximate surface area is 153 Å². The first-order chi connectivity index (χ1) is 12.5. The van der Waals surface area contributed by atoms with Gasteiger partial charge in [-0.25, -0.2) is 0 Å². The second kappa shape index (κ2) is 7.54. The second-order valence-electron chi connectivity index (χ2n) is 6.48. The summed E-state index contributed by atoms with van der Waals surface area (Å²) >= 11 is 0. The fourth-order valence-corrected chi connectivity index (χ4v) is 3.03. The first kappa shape index (κ1) is 17.9. The molecule has 0 spiro atoms. The number of likely N-dealkylation sites (N-methyl/N-ethyl adjacent to an activating group) is 1. The minimum Gasteiger partial charge on any atom is -0.360 e. The fourth-order valence-electron chi connectivity index (χ4n) is 3.03. The number of carbonyl (C=O) groups is 2. The number of aromatic nitrogens is 1. The lowest BCUT2D eigenvalue weighted by Gasteiger charge is -2.23. The number of H-pyrrole nitrogens is 1. The maximum atomic E-state index is 12.9. The lowest BCUT2D eigenvalue weighted by atomic mass is 10.0. The van der Waals surface area contributed by atoms with Gasteiger partial charge in [0.25, 0.3) is 5.91 Å². The van der Waals surface area contributed by atoms with Crippen LogP contribution in [0.1, 0.15) is 33.2 Å². The van der Waals surface area contributed by atoms with Crippen LogP contribution in [0.5, 0.6) is 0 Å². The van der Waals surface area contributed by atoms with Gasteiger partial charge in [0, 0.05) is 41.8 Å². The average Bonchev–Trinajstić information content (AvgIpc) is 3.10.